The lowest BCUT2D eigenvalue weighted by Crippen LogP contribution is -2.30. The van der Waals surface area contributed by atoms with E-state index in [1.807, 2.05) is 0 Å². The smallest absolute Gasteiger partial charge is 0.462 e. The third kappa shape index (κ3) is 75.3. The SMILES string of the molecule is CCC(C)CCCCCCCCCCCCCCCCC(=O)O[C@H](COC(=O)CCCCCCCCC(C)CC)COP(=O)(O)OC[C@H](O)COP(=O)(O)OC[C@@H](COC(=O)CCCCCCCCCCCCCCCC(C)C)OC(=O)CCCCCCCCCCCCCCCCCCC(C)C. The fraction of sp³-hybridized carbons (Fsp3) is 0.952. The topological polar surface area (TPSA) is 237 Å². The molecule has 17 nitrogen and oxygen atoms in total. The van der Waals surface area contributed by atoms with E-state index in [4.69, 9.17) is 37.0 Å². The lowest BCUT2D eigenvalue weighted by molar-refractivity contribution is -0.161. The Morgan fingerprint density at radius 2 is 0.466 bits per heavy atom. The molecule has 0 saturated carbocycles. The molecule has 19 heteroatoms. The number of aliphatic hydroxyl groups is 1. The number of aliphatic hydroxyl groups excluding tert-OH is 1. The Kier molecular flexibility index (Phi) is 71.5. The predicted molar refractivity (Wildman–Crippen MR) is 423 cm³/mol. The first-order chi connectivity index (χ1) is 49.7. The van der Waals surface area contributed by atoms with Crippen molar-refractivity contribution in [1.29, 1.82) is 0 Å². The summed E-state index contributed by atoms with van der Waals surface area (Å²) in [5.74, 6) is 1.07. The summed E-state index contributed by atoms with van der Waals surface area (Å²) in [7, 11) is -9.93. The average Bonchev–Trinajstić information content (AvgIpc) is 0.915. The quantitative estimate of drug-likeness (QED) is 0.0222. The number of hydrogen-bond acceptors (Lipinski definition) is 15. The van der Waals surface area contributed by atoms with Gasteiger partial charge in [-0.05, 0) is 49.4 Å². The van der Waals surface area contributed by atoms with Gasteiger partial charge >= 0.3 is 39.5 Å². The molecule has 4 unspecified atom stereocenters. The first-order valence-corrected chi connectivity index (χ1v) is 46.3. The van der Waals surface area contributed by atoms with Crippen molar-refractivity contribution in [2.45, 2.75) is 453 Å². The van der Waals surface area contributed by atoms with E-state index in [-0.39, 0.29) is 25.7 Å². The molecule has 612 valence electrons. The maximum atomic E-state index is 13.1. The molecule has 0 bridgehead atoms. The molecule has 7 atom stereocenters. The highest BCUT2D eigenvalue weighted by Gasteiger charge is 2.30. The number of esters is 4. The molecule has 3 N–H and O–H groups in total. The Bertz CT molecular complexity index is 2010. The second-order valence-corrected chi connectivity index (χ2v) is 34.6. The van der Waals surface area contributed by atoms with Crippen molar-refractivity contribution < 1.29 is 80.2 Å². The van der Waals surface area contributed by atoms with E-state index in [0.717, 1.165) is 120 Å². The molecule has 0 heterocycles. The van der Waals surface area contributed by atoms with Crippen molar-refractivity contribution in [1.82, 2.24) is 0 Å². The highest BCUT2D eigenvalue weighted by molar-refractivity contribution is 7.47. The van der Waals surface area contributed by atoms with Gasteiger partial charge in [0.15, 0.2) is 12.2 Å². The van der Waals surface area contributed by atoms with Crippen LogP contribution in [0.5, 0.6) is 0 Å². The van der Waals surface area contributed by atoms with Crippen LogP contribution in [0.4, 0.5) is 0 Å². The lowest BCUT2D eigenvalue weighted by Gasteiger charge is -2.21. The minimum atomic E-state index is -4.97. The van der Waals surface area contributed by atoms with Crippen molar-refractivity contribution in [3.05, 3.63) is 0 Å². The third-order valence-corrected chi connectivity index (χ3v) is 22.2. The molecular formula is C84H164O17P2. The molecule has 0 aliphatic heterocycles. The van der Waals surface area contributed by atoms with Gasteiger partial charge in [0.25, 0.3) is 0 Å². The van der Waals surface area contributed by atoms with Crippen molar-refractivity contribution in [3.8, 4) is 0 Å². The Morgan fingerprint density at radius 3 is 0.689 bits per heavy atom. The standard InChI is InChI=1S/C84H164O17P2/c1-9-76(7)62-54-46-38-32-26-20-15-16-22-29-35-41-51-59-67-84(89)101-80(71-95-82(87)65-57-49-43-42-47-55-63-77(8)10-2)73-99-103(92,93)97-69-78(85)68-96-102(90,91)98-72-79(70-94-81(86)64-56-48-39-33-27-23-17-19-25-31-37-45-53-61-75(5)6)100-83(88)66-58-50-40-34-28-21-14-12-11-13-18-24-30-36-44-52-60-74(3)4/h74-80,85H,9-73H2,1-8H3,(H,90,91)(H,92,93)/t76?,77?,78-,79-,80-/m1/s1. The highest BCUT2D eigenvalue weighted by atomic mass is 31.2. The first-order valence-electron chi connectivity index (χ1n) is 43.3. The van der Waals surface area contributed by atoms with E-state index in [9.17, 15) is 43.2 Å². The third-order valence-electron chi connectivity index (χ3n) is 20.3. The molecule has 0 radical (unpaired) electrons. The number of hydrogen-bond donors (Lipinski definition) is 3. The van der Waals surface area contributed by atoms with Gasteiger partial charge in [-0.15, -0.1) is 0 Å². The molecule has 0 aromatic carbocycles. The summed E-state index contributed by atoms with van der Waals surface area (Å²) in [6, 6.07) is 0. The van der Waals surface area contributed by atoms with Gasteiger partial charge in [-0.1, -0.05) is 383 Å². The molecule has 0 amide bonds. The van der Waals surface area contributed by atoms with Gasteiger partial charge < -0.3 is 33.8 Å². The zero-order valence-corrected chi connectivity index (χ0v) is 69.7. The normalized spacial score (nSPS) is 14.5. The number of carbonyl (C=O) groups is 4. The molecule has 0 fully saturated rings. The zero-order valence-electron chi connectivity index (χ0n) is 68.0. The summed E-state index contributed by atoms with van der Waals surface area (Å²) in [6.07, 6.45) is 61.0. The molecule has 0 spiro atoms. The Morgan fingerprint density at radius 1 is 0.272 bits per heavy atom. The van der Waals surface area contributed by atoms with Crippen LogP contribution in [0.2, 0.25) is 0 Å². The molecule has 0 aliphatic rings. The van der Waals surface area contributed by atoms with Gasteiger partial charge in [0.2, 0.25) is 0 Å². The van der Waals surface area contributed by atoms with Crippen LogP contribution in [0.15, 0.2) is 0 Å². The fourth-order valence-corrected chi connectivity index (χ4v) is 14.5. The monoisotopic (exact) mass is 1510 g/mol. The van der Waals surface area contributed by atoms with Gasteiger partial charge in [0.1, 0.15) is 19.3 Å². The van der Waals surface area contributed by atoms with E-state index in [0.29, 0.717) is 25.7 Å². The van der Waals surface area contributed by atoms with Gasteiger partial charge in [-0.3, -0.25) is 37.3 Å². The minimum absolute atomic E-state index is 0.107. The van der Waals surface area contributed by atoms with Crippen LogP contribution in [0, 0.1) is 23.7 Å². The van der Waals surface area contributed by atoms with Crippen molar-refractivity contribution in [2.24, 2.45) is 23.7 Å². The van der Waals surface area contributed by atoms with Crippen LogP contribution in [-0.4, -0.2) is 96.7 Å². The van der Waals surface area contributed by atoms with E-state index in [1.165, 1.54) is 231 Å². The van der Waals surface area contributed by atoms with Crippen LogP contribution < -0.4 is 0 Å². The molecule has 103 heavy (non-hydrogen) atoms. The average molecular weight is 1510 g/mol. The second-order valence-electron chi connectivity index (χ2n) is 31.7. The summed E-state index contributed by atoms with van der Waals surface area (Å²) < 4.78 is 68.8. The van der Waals surface area contributed by atoms with Crippen LogP contribution in [0.3, 0.4) is 0 Å². The van der Waals surface area contributed by atoms with Crippen molar-refractivity contribution in [2.75, 3.05) is 39.6 Å². The summed E-state index contributed by atoms with van der Waals surface area (Å²) >= 11 is 0. The molecule has 0 aromatic heterocycles. The summed E-state index contributed by atoms with van der Waals surface area (Å²) in [5, 5.41) is 10.7. The largest absolute Gasteiger partial charge is 0.472 e. The van der Waals surface area contributed by atoms with Crippen molar-refractivity contribution in [3.63, 3.8) is 0 Å². The van der Waals surface area contributed by atoms with Crippen LogP contribution in [-0.2, 0) is 65.4 Å². The number of carbonyl (C=O) groups excluding carboxylic acids is 4. The van der Waals surface area contributed by atoms with Crippen LogP contribution in [0.1, 0.15) is 434 Å². The van der Waals surface area contributed by atoms with Gasteiger partial charge in [0, 0.05) is 25.7 Å². The number of phosphoric acid groups is 2. The Labute approximate surface area is 632 Å². The van der Waals surface area contributed by atoms with Gasteiger partial charge in [0.05, 0.1) is 26.4 Å². The van der Waals surface area contributed by atoms with E-state index in [1.54, 1.807) is 0 Å². The number of unbranched alkanes of at least 4 members (excludes halogenated alkanes) is 45. The minimum Gasteiger partial charge on any atom is -0.462 e. The summed E-state index contributed by atoms with van der Waals surface area (Å²) in [5.41, 5.74) is 0. The maximum Gasteiger partial charge on any atom is 0.472 e. The summed E-state index contributed by atoms with van der Waals surface area (Å²) in [4.78, 5) is 73.2. The maximum absolute atomic E-state index is 13.1. The predicted octanol–water partition coefficient (Wildman–Crippen LogP) is 25.2. The number of ether oxygens (including phenoxy) is 4. The van der Waals surface area contributed by atoms with Crippen LogP contribution >= 0.6 is 15.6 Å². The fourth-order valence-electron chi connectivity index (χ4n) is 12.9. The second kappa shape index (κ2) is 72.9. The summed E-state index contributed by atoms with van der Waals surface area (Å²) in [6.45, 7) is 14.3. The Hall–Kier alpha value is -1.94. The first kappa shape index (κ1) is 101. The van der Waals surface area contributed by atoms with E-state index in [2.05, 4.69) is 55.4 Å². The number of rotatable bonds is 81. The highest BCUT2D eigenvalue weighted by Crippen LogP contribution is 2.45. The molecule has 0 aromatic rings. The Balaban J connectivity index is 5.24. The number of phosphoric ester groups is 2. The van der Waals surface area contributed by atoms with E-state index < -0.39 is 97.5 Å². The molecular weight excluding hydrogens is 1340 g/mol. The zero-order chi connectivity index (χ0) is 76.0. The van der Waals surface area contributed by atoms with Crippen LogP contribution in [0.25, 0.3) is 0 Å². The molecule has 0 rings (SSSR count). The lowest BCUT2D eigenvalue weighted by atomic mass is 9.99. The van der Waals surface area contributed by atoms with E-state index >= 15 is 0 Å². The van der Waals surface area contributed by atoms with Crippen molar-refractivity contribution >= 4 is 39.5 Å². The molecule has 0 saturated heterocycles. The van der Waals surface area contributed by atoms with Gasteiger partial charge in [-0.2, -0.15) is 0 Å². The molecule has 0 aliphatic carbocycles. The van der Waals surface area contributed by atoms with Gasteiger partial charge in [-0.25, -0.2) is 9.13 Å².